The van der Waals surface area contributed by atoms with E-state index in [1.165, 1.54) is 0 Å². The van der Waals surface area contributed by atoms with Crippen molar-refractivity contribution in [2.75, 3.05) is 12.8 Å². The Balaban J connectivity index is 2.39. The van der Waals surface area contributed by atoms with Crippen molar-refractivity contribution >= 4 is 5.82 Å². The standard InChI is InChI=1S/C10H15N3O2/c1-5-8(11)12-9(13-10(5)14)7(15-2)6-3-4-6/h6-7H,3-4H2,1-2H3,(H3,11,12,13,14). The summed E-state index contributed by atoms with van der Waals surface area (Å²) in [5, 5.41) is 0. The van der Waals surface area contributed by atoms with Crippen molar-refractivity contribution in [3.8, 4) is 0 Å². The molecular weight excluding hydrogens is 194 g/mol. The van der Waals surface area contributed by atoms with E-state index >= 15 is 0 Å². The van der Waals surface area contributed by atoms with Gasteiger partial charge in [0.15, 0.2) is 0 Å². The largest absolute Gasteiger partial charge is 0.383 e. The predicted octanol–water partition coefficient (Wildman–Crippen LogP) is 0.758. The Hall–Kier alpha value is -1.36. The Morgan fingerprint density at radius 1 is 1.60 bits per heavy atom. The number of ether oxygens (including phenoxy) is 1. The number of methoxy groups -OCH3 is 1. The van der Waals surface area contributed by atoms with Crippen LogP contribution in [-0.4, -0.2) is 17.1 Å². The highest BCUT2D eigenvalue weighted by Crippen LogP contribution is 2.41. The van der Waals surface area contributed by atoms with Gasteiger partial charge < -0.3 is 15.5 Å². The maximum absolute atomic E-state index is 11.5. The first-order valence-corrected chi connectivity index (χ1v) is 5.02. The normalized spacial score (nSPS) is 17.7. The summed E-state index contributed by atoms with van der Waals surface area (Å²) in [7, 11) is 1.62. The first-order valence-electron chi connectivity index (χ1n) is 5.02. The van der Waals surface area contributed by atoms with Crippen molar-refractivity contribution in [3.63, 3.8) is 0 Å². The van der Waals surface area contributed by atoms with Gasteiger partial charge in [0.1, 0.15) is 17.7 Å². The number of aromatic nitrogens is 2. The number of aromatic amines is 1. The molecular formula is C10H15N3O2. The molecule has 0 aromatic carbocycles. The van der Waals surface area contributed by atoms with Crippen LogP contribution in [0.5, 0.6) is 0 Å². The molecule has 82 valence electrons. The average molecular weight is 209 g/mol. The van der Waals surface area contributed by atoms with Gasteiger partial charge >= 0.3 is 0 Å². The van der Waals surface area contributed by atoms with Gasteiger partial charge in [0.25, 0.3) is 5.56 Å². The van der Waals surface area contributed by atoms with Gasteiger partial charge in [-0.1, -0.05) is 0 Å². The third kappa shape index (κ3) is 1.87. The van der Waals surface area contributed by atoms with Crippen LogP contribution in [-0.2, 0) is 4.74 Å². The molecule has 0 radical (unpaired) electrons. The molecule has 1 aliphatic carbocycles. The van der Waals surface area contributed by atoms with Crippen molar-refractivity contribution in [2.45, 2.75) is 25.9 Å². The Kier molecular flexibility index (Phi) is 2.48. The van der Waals surface area contributed by atoms with Crippen LogP contribution in [0.1, 0.15) is 30.3 Å². The van der Waals surface area contributed by atoms with Crippen molar-refractivity contribution in [1.82, 2.24) is 9.97 Å². The van der Waals surface area contributed by atoms with E-state index in [0.29, 0.717) is 17.3 Å². The molecule has 1 atom stereocenters. The van der Waals surface area contributed by atoms with Crippen molar-refractivity contribution in [3.05, 3.63) is 21.7 Å². The minimum atomic E-state index is -0.180. The van der Waals surface area contributed by atoms with Crippen LogP contribution in [0.15, 0.2) is 4.79 Å². The lowest BCUT2D eigenvalue weighted by atomic mass is 10.2. The first-order chi connectivity index (χ1) is 7.13. The molecule has 15 heavy (non-hydrogen) atoms. The molecule has 1 heterocycles. The van der Waals surface area contributed by atoms with Gasteiger partial charge in [-0.05, 0) is 25.7 Å². The Morgan fingerprint density at radius 3 is 2.73 bits per heavy atom. The third-order valence-corrected chi connectivity index (χ3v) is 2.78. The van der Waals surface area contributed by atoms with Gasteiger partial charge in [-0.15, -0.1) is 0 Å². The molecule has 1 saturated carbocycles. The second-order valence-corrected chi connectivity index (χ2v) is 3.96. The van der Waals surface area contributed by atoms with Crippen molar-refractivity contribution in [2.24, 2.45) is 5.92 Å². The molecule has 0 saturated heterocycles. The maximum atomic E-state index is 11.5. The third-order valence-electron chi connectivity index (χ3n) is 2.78. The van der Waals surface area contributed by atoms with Gasteiger partial charge in [0, 0.05) is 7.11 Å². The topological polar surface area (TPSA) is 81.0 Å². The summed E-state index contributed by atoms with van der Waals surface area (Å²) >= 11 is 0. The number of nitrogens with zero attached hydrogens (tertiary/aromatic N) is 1. The first kappa shape index (κ1) is 10.2. The number of nitrogens with two attached hydrogens (primary N) is 1. The Labute approximate surface area is 87.7 Å². The highest BCUT2D eigenvalue weighted by molar-refractivity contribution is 5.36. The zero-order chi connectivity index (χ0) is 11.0. The van der Waals surface area contributed by atoms with Crippen LogP contribution in [0.4, 0.5) is 5.82 Å². The predicted molar refractivity (Wildman–Crippen MR) is 56.5 cm³/mol. The van der Waals surface area contributed by atoms with Gasteiger partial charge in [-0.2, -0.15) is 0 Å². The van der Waals surface area contributed by atoms with E-state index in [1.807, 2.05) is 0 Å². The number of H-pyrrole nitrogens is 1. The van der Waals surface area contributed by atoms with Crippen LogP contribution in [0.2, 0.25) is 0 Å². The molecule has 2 rings (SSSR count). The van der Waals surface area contributed by atoms with Crippen LogP contribution in [0.3, 0.4) is 0 Å². The van der Waals surface area contributed by atoms with Gasteiger partial charge in [0.2, 0.25) is 0 Å². The fourth-order valence-electron chi connectivity index (χ4n) is 1.63. The maximum Gasteiger partial charge on any atom is 0.255 e. The summed E-state index contributed by atoms with van der Waals surface area (Å²) in [6.45, 7) is 1.66. The highest BCUT2D eigenvalue weighted by atomic mass is 16.5. The number of nitrogens with one attached hydrogen (secondary N) is 1. The number of nitrogen functional groups attached to an aromatic ring is 1. The molecule has 1 aliphatic rings. The fraction of sp³-hybridized carbons (Fsp3) is 0.600. The molecule has 1 aromatic heterocycles. The Bertz CT molecular complexity index is 423. The molecule has 1 aromatic rings. The number of anilines is 1. The van der Waals surface area contributed by atoms with Crippen molar-refractivity contribution in [1.29, 1.82) is 0 Å². The molecule has 0 aliphatic heterocycles. The van der Waals surface area contributed by atoms with Gasteiger partial charge in [-0.3, -0.25) is 4.79 Å². The number of rotatable bonds is 3. The lowest BCUT2D eigenvalue weighted by Gasteiger charge is -2.14. The average Bonchev–Trinajstić information content (AvgIpc) is 2.99. The summed E-state index contributed by atoms with van der Waals surface area (Å²) in [5.74, 6) is 1.31. The lowest BCUT2D eigenvalue weighted by molar-refractivity contribution is 0.0771. The molecule has 1 unspecified atom stereocenters. The summed E-state index contributed by atoms with van der Waals surface area (Å²) in [4.78, 5) is 18.4. The molecule has 1 fully saturated rings. The zero-order valence-electron chi connectivity index (χ0n) is 8.91. The second-order valence-electron chi connectivity index (χ2n) is 3.96. The molecule has 0 spiro atoms. The van der Waals surface area contributed by atoms with E-state index in [0.717, 1.165) is 12.8 Å². The van der Waals surface area contributed by atoms with E-state index < -0.39 is 0 Å². The minimum Gasteiger partial charge on any atom is -0.383 e. The van der Waals surface area contributed by atoms with Gasteiger partial charge in [0.05, 0.1) is 5.56 Å². The van der Waals surface area contributed by atoms with E-state index in [9.17, 15) is 4.79 Å². The summed E-state index contributed by atoms with van der Waals surface area (Å²) in [5.41, 5.74) is 5.93. The quantitative estimate of drug-likeness (QED) is 0.770. The SMILES string of the molecule is COC(c1nc(N)c(C)c(=O)[nH]1)C1CC1. The van der Waals surface area contributed by atoms with Crippen LogP contribution < -0.4 is 11.3 Å². The van der Waals surface area contributed by atoms with Crippen LogP contribution >= 0.6 is 0 Å². The van der Waals surface area contributed by atoms with Crippen LogP contribution in [0.25, 0.3) is 0 Å². The van der Waals surface area contributed by atoms with E-state index in [1.54, 1.807) is 14.0 Å². The second kappa shape index (κ2) is 3.66. The minimum absolute atomic E-state index is 0.124. The fourth-order valence-corrected chi connectivity index (χ4v) is 1.63. The lowest BCUT2D eigenvalue weighted by Crippen LogP contribution is -2.20. The summed E-state index contributed by atoms with van der Waals surface area (Å²) < 4.78 is 5.32. The van der Waals surface area contributed by atoms with Crippen molar-refractivity contribution < 1.29 is 4.74 Å². The number of hydrogen-bond acceptors (Lipinski definition) is 4. The van der Waals surface area contributed by atoms with Gasteiger partial charge in [-0.25, -0.2) is 4.98 Å². The smallest absolute Gasteiger partial charge is 0.255 e. The molecule has 3 N–H and O–H groups in total. The number of hydrogen-bond donors (Lipinski definition) is 2. The zero-order valence-corrected chi connectivity index (χ0v) is 8.91. The van der Waals surface area contributed by atoms with E-state index in [2.05, 4.69) is 9.97 Å². The monoisotopic (exact) mass is 209 g/mol. The highest BCUT2D eigenvalue weighted by Gasteiger charge is 2.34. The summed E-state index contributed by atoms with van der Waals surface area (Å²) in [6, 6.07) is 0. The Morgan fingerprint density at radius 2 is 2.27 bits per heavy atom. The van der Waals surface area contributed by atoms with E-state index in [4.69, 9.17) is 10.5 Å². The summed E-state index contributed by atoms with van der Waals surface area (Å²) in [6.07, 6.45) is 2.12. The van der Waals surface area contributed by atoms with E-state index in [-0.39, 0.29) is 17.5 Å². The van der Waals surface area contributed by atoms with Crippen LogP contribution in [0, 0.1) is 12.8 Å². The molecule has 5 heteroatoms. The molecule has 0 bridgehead atoms. The molecule has 5 nitrogen and oxygen atoms in total. The molecule has 0 amide bonds.